The Bertz CT molecular complexity index is 416. The fourth-order valence-corrected chi connectivity index (χ4v) is 2.55. The van der Waals surface area contributed by atoms with E-state index < -0.39 is 0 Å². The van der Waals surface area contributed by atoms with Crippen molar-refractivity contribution in [3.05, 3.63) is 24.3 Å². The molecule has 1 fully saturated rings. The van der Waals surface area contributed by atoms with Gasteiger partial charge in [0.1, 0.15) is 0 Å². The molecule has 0 aromatic heterocycles. The maximum Gasteiger partial charge on any atom is 0.224 e. The van der Waals surface area contributed by atoms with Crippen LogP contribution in [0.4, 0.5) is 11.4 Å². The van der Waals surface area contributed by atoms with Gasteiger partial charge < -0.3 is 10.2 Å². The number of rotatable bonds is 6. The van der Waals surface area contributed by atoms with Gasteiger partial charge in [-0.3, -0.25) is 4.79 Å². The van der Waals surface area contributed by atoms with Crippen LogP contribution in [-0.4, -0.2) is 24.9 Å². The Kier molecular flexibility index (Phi) is 5.52. The zero-order valence-corrected chi connectivity index (χ0v) is 12.0. The first-order chi connectivity index (χ1) is 9.29. The number of carbonyl (C=O) groups excluding carboxylic acids is 1. The van der Waals surface area contributed by atoms with Crippen LogP contribution in [0.2, 0.25) is 0 Å². The predicted octanol–water partition coefficient (Wildman–Crippen LogP) is 3.63. The van der Waals surface area contributed by atoms with Crippen molar-refractivity contribution in [2.24, 2.45) is 0 Å². The molecule has 0 spiro atoms. The molecule has 1 aliphatic rings. The smallest absolute Gasteiger partial charge is 0.224 e. The minimum atomic E-state index is 0.0729. The van der Waals surface area contributed by atoms with Crippen LogP contribution in [0.25, 0.3) is 0 Å². The van der Waals surface area contributed by atoms with Gasteiger partial charge >= 0.3 is 0 Å². The van der Waals surface area contributed by atoms with E-state index in [0.717, 1.165) is 31.6 Å². The molecule has 0 aliphatic carbocycles. The number of nitrogens with one attached hydrogen (secondary N) is 1. The lowest BCUT2D eigenvalue weighted by Crippen LogP contribution is -2.18. The molecule has 0 saturated carbocycles. The molecular weight excluding hydrogens is 260 g/mol. The van der Waals surface area contributed by atoms with Gasteiger partial charge in [-0.25, -0.2) is 0 Å². The highest BCUT2D eigenvalue weighted by Gasteiger charge is 2.12. The molecule has 0 radical (unpaired) electrons. The van der Waals surface area contributed by atoms with Gasteiger partial charge in [0.05, 0.1) is 0 Å². The molecule has 1 saturated heterocycles. The van der Waals surface area contributed by atoms with E-state index in [1.807, 2.05) is 12.1 Å². The van der Waals surface area contributed by atoms with Crippen molar-refractivity contribution in [3.63, 3.8) is 0 Å². The van der Waals surface area contributed by atoms with E-state index in [1.54, 1.807) is 0 Å². The van der Waals surface area contributed by atoms with Crippen molar-refractivity contribution in [2.75, 3.05) is 29.2 Å². The Morgan fingerprint density at radius 3 is 2.79 bits per heavy atom. The van der Waals surface area contributed by atoms with Gasteiger partial charge in [-0.2, -0.15) is 0 Å². The van der Waals surface area contributed by atoms with E-state index in [2.05, 4.69) is 22.3 Å². The monoisotopic (exact) mass is 280 g/mol. The first kappa shape index (κ1) is 14.2. The number of hydrogen-bond donors (Lipinski definition) is 1. The molecule has 1 N–H and O–H groups in total. The molecule has 2 rings (SSSR count). The second-order valence-corrected chi connectivity index (χ2v) is 5.32. The zero-order valence-electron chi connectivity index (χ0n) is 11.2. The number of nitrogens with zero attached hydrogens (tertiary/aromatic N) is 1. The SMILES string of the molecule is O=C(CCCCCl)Nc1cccc(N2CCCC2)c1. The normalized spacial score (nSPS) is 14.7. The van der Waals surface area contributed by atoms with Crippen molar-refractivity contribution in [2.45, 2.75) is 32.1 Å². The van der Waals surface area contributed by atoms with Crippen LogP contribution in [0, 0.1) is 0 Å². The topological polar surface area (TPSA) is 32.3 Å². The molecule has 1 heterocycles. The number of carbonyl (C=O) groups is 1. The van der Waals surface area contributed by atoms with Crippen molar-refractivity contribution in [1.29, 1.82) is 0 Å². The Morgan fingerprint density at radius 2 is 2.05 bits per heavy atom. The first-order valence-corrected chi connectivity index (χ1v) is 7.54. The second-order valence-electron chi connectivity index (χ2n) is 4.94. The maximum atomic E-state index is 11.8. The van der Waals surface area contributed by atoms with Gasteiger partial charge in [0, 0.05) is 36.8 Å². The number of halogens is 1. The summed E-state index contributed by atoms with van der Waals surface area (Å²) in [5.74, 6) is 0.696. The summed E-state index contributed by atoms with van der Waals surface area (Å²) < 4.78 is 0. The molecule has 1 aliphatic heterocycles. The average Bonchev–Trinajstić information content (AvgIpc) is 2.93. The van der Waals surface area contributed by atoms with Gasteiger partial charge in [-0.1, -0.05) is 6.07 Å². The molecule has 0 atom stereocenters. The van der Waals surface area contributed by atoms with Crippen molar-refractivity contribution in [1.82, 2.24) is 0 Å². The van der Waals surface area contributed by atoms with E-state index >= 15 is 0 Å². The van der Waals surface area contributed by atoms with Crippen LogP contribution in [0.1, 0.15) is 32.1 Å². The van der Waals surface area contributed by atoms with E-state index in [-0.39, 0.29) is 5.91 Å². The van der Waals surface area contributed by atoms with Crippen LogP contribution in [-0.2, 0) is 4.79 Å². The Labute approximate surface area is 119 Å². The lowest BCUT2D eigenvalue weighted by molar-refractivity contribution is -0.116. The molecule has 0 bridgehead atoms. The third-order valence-electron chi connectivity index (χ3n) is 3.39. The summed E-state index contributed by atoms with van der Waals surface area (Å²) in [4.78, 5) is 14.1. The molecule has 1 amide bonds. The summed E-state index contributed by atoms with van der Waals surface area (Å²) in [6.45, 7) is 2.24. The van der Waals surface area contributed by atoms with Crippen molar-refractivity contribution < 1.29 is 4.79 Å². The largest absolute Gasteiger partial charge is 0.371 e. The predicted molar refractivity (Wildman–Crippen MR) is 81.1 cm³/mol. The highest BCUT2D eigenvalue weighted by molar-refractivity contribution is 6.17. The number of hydrogen-bond acceptors (Lipinski definition) is 2. The number of unbranched alkanes of at least 4 members (excludes halogenated alkanes) is 1. The zero-order chi connectivity index (χ0) is 13.5. The molecule has 3 nitrogen and oxygen atoms in total. The highest BCUT2D eigenvalue weighted by atomic mass is 35.5. The Hall–Kier alpha value is -1.22. The van der Waals surface area contributed by atoms with Crippen molar-refractivity contribution in [3.8, 4) is 0 Å². The number of amides is 1. The van der Waals surface area contributed by atoms with E-state index in [4.69, 9.17) is 11.6 Å². The van der Waals surface area contributed by atoms with Gasteiger partial charge in [0.15, 0.2) is 0 Å². The summed E-state index contributed by atoms with van der Waals surface area (Å²) >= 11 is 5.60. The van der Waals surface area contributed by atoms with Gasteiger partial charge in [0.2, 0.25) is 5.91 Å². The molecule has 4 heteroatoms. The lowest BCUT2D eigenvalue weighted by atomic mass is 10.2. The summed E-state index contributed by atoms with van der Waals surface area (Å²) in [5.41, 5.74) is 2.09. The molecular formula is C15H21ClN2O. The quantitative estimate of drug-likeness (QED) is 0.637. The Morgan fingerprint density at radius 1 is 1.26 bits per heavy atom. The van der Waals surface area contributed by atoms with Crippen LogP contribution in [0.3, 0.4) is 0 Å². The van der Waals surface area contributed by atoms with Gasteiger partial charge in [0.25, 0.3) is 0 Å². The number of benzene rings is 1. The minimum absolute atomic E-state index is 0.0729. The summed E-state index contributed by atoms with van der Waals surface area (Å²) in [7, 11) is 0. The lowest BCUT2D eigenvalue weighted by Gasteiger charge is -2.18. The fourth-order valence-electron chi connectivity index (χ4n) is 2.36. The van der Waals surface area contributed by atoms with E-state index in [1.165, 1.54) is 18.5 Å². The van der Waals surface area contributed by atoms with Crippen LogP contribution < -0.4 is 10.2 Å². The van der Waals surface area contributed by atoms with Crippen molar-refractivity contribution >= 4 is 28.9 Å². The minimum Gasteiger partial charge on any atom is -0.371 e. The molecule has 1 aromatic rings. The third-order valence-corrected chi connectivity index (χ3v) is 3.66. The summed E-state index contributed by atoms with van der Waals surface area (Å²) in [6, 6.07) is 8.11. The average molecular weight is 281 g/mol. The Balaban J connectivity index is 1.89. The van der Waals surface area contributed by atoms with Crippen LogP contribution >= 0.6 is 11.6 Å². The first-order valence-electron chi connectivity index (χ1n) is 7.00. The highest BCUT2D eigenvalue weighted by Crippen LogP contribution is 2.23. The summed E-state index contributed by atoms with van der Waals surface area (Å²) in [5, 5.41) is 2.96. The maximum absolute atomic E-state index is 11.8. The van der Waals surface area contributed by atoms with E-state index in [0.29, 0.717) is 12.3 Å². The third kappa shape index (κ3) is 4.43. The fraction of sp³-hybridized carbons (Fsp3) is 0.533. The molecule has 0 unspecified atom stereocenters. The summed E-state index contributed by atoms with van der Waals surface area (Å²) in [6.07, 6.45) is 4.80. The second kappa shape index (κ2) is 7.39. The van der Waals surface area contributed by atoms with Gasteiger partial charge in [-0.05, 0) is 43.9 Å². The number of alkyl halides is 1. The molecule has 104 valence electrons. The van der Waals surface area contributed by atoms with Gasteiger partial charge in [-0.15, -0.1) is 11.6 Å². The molecule has 1 aromatic carbocycles. The van der Waals surface area contributed by atoms with Crippen LogP contribution in [0.5, 0.6) is 0 Å². The molecule has 19 heavy (non-hydrogen) atoms. The number of anilines is 2. The van der Waals surface area contributed by atoms with E-state index in [9.17, 15) is 4.79 Å². The van der Waals surface area contributed by atoms with Crippen LogP contribution in [0.15, 0.2) is 24.3 Å². The standard InChI is InChI=1S/C15H21ClN2O/c16-9-2-1-8-15(19)17-13-6-5-7-14(12-13)18-10-3-4-11-18/h5-7,12H,1-4,8-11H2,(H,17,19).